The zero-order chi connectivity index (χ0) is 32.6. The molecule has 0 unspecified atom stereocenters. The monoisotopic (exact) mass is 645 g/mol. The molecule has 12 nitrogen and oxygen atoms in total. The molecule has 0 saturated carbocycles. The Bertz CT molecular complexity index is 1740. The van der Waals surface area contributed by atoms with E-state index in [1.807, 2.05) is 24.3 Å². The zero-order valence-corrected chi connectivity index (χ0v) is 26.6. The Kier molecular flexibility index (Phi) is 8.40. The fourth-order valence-electron chi connectivity index (χ4n) is 6.33. The summed E-state index contributed by atoms with van der Waals surface area (Å²) in [4.78, 5) is 57.9. The molecule has 3 aliphatic rings. The average Bonchev–Trinajstić information content (AvgIpc) is 3.84. The van der Waals surface area contributed by atoms with Crippen molar-refractivity contribution in [3.8, 4) is 11.1 Å². The first-order chi connectivity index (χ1) is 22.0. The lowest BCUT2D eigenvalue weighted by Crippen LogP contribution is -2.49. The molecular formula is C33H35N5O7S. The number of nitrogens with zero attached hydrogens (tertiary/aromatic N) is 2. The minimum absolute atomic E-state index is 0.0321. The molecule has 2 aliphatic heterocycles. The lowest BCUT2D eigenvalue weighted by molar-refractivity contribution is -0.152. The number of fused-ring (bicyclic) bond motifs is 3. The third kappa shape index (κ3) is 6.00. The average molecular weight is 646 g/mol. The molecule has 0 bridgehead atoms. The van der Waals surface area contributed by atoms with Gasteiger partial charge in [-0.2, -0.15) is 0 Å². The normalized spacial score (nSPS) is 19.1. The predicted molar refractivity (Wildman–Crippen MR) is 170 cm³/mol. The van der Waals surface area contributed by atoms with Crippen LogP contribution in [0.2, 0.25) is 0 Å². The van der Waals surface area contributed by atoms with E-state index < -0.39 is 23.7 Å². The van der Waals surface area contributed by atoms with E-state index in [9.17, 15) is 19.2 Å². The molecule has 1 atom stereocenters. The Morgan fingerprint density at radius 1 is 1.02 bits per heavy atom. The molecule has 3 aromatic rings. The standard InChI is InChI=1S/C33H35N5O7S/c1-19(39)45-37-29(34)21-12-22(46-17-21)15-35-31(42)27-14-33(43-10-11-44-33)18-38(27)28(40)16-36-30(41)20-8-9-26-24(13-20)23-6-4-5-7-25(23)32(26,2)3/h4-9,12-13,17,27H,10-11,14-16,18H2,1-3H3,(H2,34,37)(H,35,42)(H,36,41)/t27-/m0/s1. The van der Waals surface area contributed by atoms with Gasteiger partial charge < -0.3 is 35.6 Å². The van der Waals surface area contributed by atoms with Crippen LogP contribution in [0.1, 0.15) is 59.1 Å². The molecular weight excluding hydrogens is 610 g/mol. The SMILES string of the molecule is CC(=O)O/N=C(\N)c1csc(CNC(=O)[C@@H]2CC3(CN2C(=O)CNC(=O)c2ccc4c(c2)-c2ccccc2C4(C)C)OCCO3)c1. The molecule has 2 fully saturated rings. The van der Waals surface area contributed by atoms with E-state index in [1.54, 1.807) is 17.5 Å². The van der Waals surface area contributed by atoms with E-state index in [-0.39, 0.29) is 49.1 Å². The maximum absolute atomic E-state index is 13.5. The van der Waals surface area contributed by atoms with Crippen LogP contribution >= 0.6 is 11.3 Å². The lowest BCUT2D eigenvalue weighted by Gasteiger charge is -2.24. The maximum atomic E-state index is 13.5. The highest BCUT2D eigenvalue weighted by atomic mass is 32.1. The van der Waals surface area contributed by atoms with Gasteiger partial charge in [0.05, 0.1) is 32.8 Å². The minimum atomic E-state index is -1.07. The number of carbonyl (C=O) groups excluding carboxylic acids is 4. The predicted octanol–water partition coefficient (Wildman–Crippen LogP) is 2.63. The van der Waals surface area contributed by atoms with Crippen molar-refractivity contribution in [2.24, 2.45) is 10.9 Å². The molecule has 2 saturated heterocycles. The first kappa shape index (κ1) is 31.4. The molecule has 0 radical (unpaired) electrons. The van der Waals surface area contributed by atoms with Crippen LogP contribution in [0.3, 0.4) is 0 Å². The van der Waals surface area contributed by atoms with Crippen molar-refractivity contribution in [1.29, 1.82) is 0 Å². The van der Waals surface area contributed by atoms with Crippen LogP contribution in [0.25, 0.3) is 11.1 Å². The fraction of sp³-hybridized carbons (Fsp3) is 0.364. The third-order valence-corrected chi connectivity index (χ3v) is 9.57. The van der Waals surface area contributed by atoms with Crippen molar-refractivity contribution >= 4 is 40.9 Å². The van der Waals surface area contributed by atoms with Crippen LogP contribution in [0.5, 0.6) is 0 Å². The summed E-state index contributed by atoms with van der Waals surface area (Å²) >= 11 is 1.34. The number of carbonyl (C=O) groups is 4. The summed E-state index contributed by atoms with van der Waals surface area (Å²) in [5.74, 6) is -2.82. The Morgan fingerprint density at radius 3 is 2.52 bits per heavy atom. The van der Waals surface area contributed by atoms with Gasteiger partial charge in [-0.1, -0.05) is 49.3 Å². The van der Waals surface area contributed by atoms with Gasteiger partial charge in [0, 0.05) is 40.1 Å². The number of amides is 3. The van der Waals surface area contributed by atoms with E-state index in [2.05, 4.69) is 46.6 Å². The van der Waals surface area contributed by atoms with Gasteiger partial charge >= 0.3 is 5.97 Å². The highest BCUT2D eigenvalue weighted by Crippen LogP contribution is 2.48. The Balaban J connectivity index is 1.11. The zero-order valence-electron chi connectivity index (χ0n) is 25.8. The number of nitrogens with one attached hydrogen (secondary N) is 2. The van der Waals surface area contributed by atoms with Crippen LogP contribution in [-0.2, 0) is 40.7 Å². The van der Waals surface area contributed by atoms with E-state index in [1.165, 1.54) is 28.7 Å². The van der Waals surface area contributed by atoms with Gasteiger partial charge in [0.1, 0.15) is 6.04 Å². The minimum Gasteiger partial charge on any atom is -0.380 e. The Hall–Kier alpha value is -4.59. The number of nitrogens with two attached hydrogens (primary N) is 1. The molecule has 1 aliphatic carbocycles. The first-order valence-electron chi connectivity index (χ1n) is 14.9. The number of rotatable bonds is 8. The highest BCUT2D eigenvalue weighted by molar-refractivity contribution is 7.10. The van der Waals surface area contributed by atoms with Crippen molar-refractivity contribution in [3.05, 3.63) is 81.0 Å². The summed E-state index contributed by atoms with van der Waals surface area (Å²) < 4.78 is 11.7. The smallest absolute Gasteiger partial charge is 0.332 e. The van der Waals surface area contributed by atoms with Crippen molar-refractivity contribution in [2.45, 2.75) is 51.0 Å². The number of thiophene rings is 1. The third-order valence-electron chi connectivity index (χ3n) is 8.63. The second-order valence-electron chi connectivity index (χ2n) is 12.0. The van der Waals surface area contributed by atoms with Crippen LogP contribution in [0.4, 0.5) is 0 Å². The van der Waals surface area contributed by atoms with Gasteiger partial charge in [0.2, 0.25) is 11.8 Å². The molecule has 1 aromatic heterocycles. The largest absolute Gasteiger partial charge is 0.380 e. The molecule has 46 heavy (non-hydrogen) atoms. The molecule has 6 rings (SSSR count). The summed E-state index contributed by atoms with van der Waals surface area (Å²) in [6, 6.07) is 14.7. The second-order valence-corrected chi connectivity index (χ2v) is 13.0. The number of benzene rings is 2. The molecule has 4 N–H and O–H groups in total. The highest BCUT2D eigenvalue weighted by Gasteiger charge is 2.52. The quantitative estimate of drug-likeness (QED) is 0.146. The van der Waals surface area contributed by atoms with Gasteiger partial charge in [0.25, 0.3) is 5.91 Å². The lowest BCUT2D eigenvalue weighted by atomic mass is 9.82. The van der Waals surface area contributed by atoms with E-state index in [4.69, 9.17) is 15.2 Å². The summed E-state index contributed by atoms with van der Waals surface area (Å²) in [5, 5.41) is 10.9. The van der Waals surface area contributed by atoms with Crippen molar-refractivity contribution in [2.75, 3.05) is 26.3 Å². The van der Waals surface area contributed by atoms with Crippen LogP contribution in [0, 0.1) is 0 Å². The fourth-order valence-corrected chi connectivity index (χ4v) is 7.15. The molecule has 1 spiro atoms. The second kappa shape index (κ2) is 12.3. The van der Waals surface area contributed by atoms with Crippen molar-refractivity contribution in [1.82, 2.24) is 15.5 Å². The van der Waals surface area contributed by atoms with E-state index in [0.717, 1.165) is 21.6 Å². The van der Waals surface area contributed by atoms with Crippen LogP contribution in [-0.4, -0.2) is 72.6 Å². The molecule has 13 heteroatoms. The molecule has 3 heterocycles. The van der Waals surface area contributed by atoms with Crippen LogP contribution in [0.15, 0.2) is 59.1 Å². The number of amidine groups is 1. The van der Waals surface area contributed by atoms with Gasteiger partial charge in [-0.3, -0.25) is 14.4 Å². The summed E-state index contributed by atoms with van der Waals surface area (Å²) in [7, 11) is 0. The maximum Gasteiger partial charge on any atom is 0.332 e. The topological polar surface area (TPSA) is 162 Å². The summed E-state index contributed by atoms with van der Waals surface area (Å²) in [6.45, 7) is 6.21. The Morgan fingerprint density at radius 2 is 1.76 bits per heavy atom. The van der Waals surface area contributed by atoms with Crippen LogP contribution < -0.4 is 16.4 Å². The van der Waals surface area contributed by atoms with Crippen molar-refractivity contribution in [3.63, 3.8) is 0 Å². The van der Waals surface area contributed by atoms with Gasteiger partial charge in [-0.25, -0.2) is 4.79 Å². The van der Waals surface area contributed by atoms with Gasteiger partial charge in [-0.15, -0.1) is 11.3 Å². The van der Waals surface area contributed by atoms with Gasteiger partial charge in [0.15, 0.2) is 11.6 Å². The van der Waals surface area contributed by atoms with Gasteiger partial charge in [-0.05, 0) is 40.5 Å². The number of oxime groups is 1. The summed E-state index contributed by atoms with van der Waals surface area (Å²) in [6.07, 6.45) is 0.163. The number of likely N-dealkylation sites (tertiary alicyclic amines) is 1. The number of hydrogen-bond donors (Lipinski definition) is 3. The van der Waals surface area contributed by atoms with E-state index >= 15 is 0 Å². The first-order valence-corrected chi connectivity index (χ1v) is 15.8. The molecule has 3 amide bonds. The number of hydrogen-bond acceptors (Lipinski definition) is 9. The molecule has 2 aromatic carbocycles. The number of ether oxygens (including phenoxy) is 2. The summed E-state index contributed by atoms with van der Waals surface area (Å²) in [5.41, 5.74) is 11.1. The Labute approximate surface area is 269 Å². The van der Waals surface area contributed by atoms with Crippen molar-refractivity contribution < 1.29 is 33.5 Å². The molecule has 240 valence electrons. The van der Waals surface area contributed by atoms with E-state index in [0.29, 0.717) is 24.3 Å².